The van der Waals surface area contributed by atoms with Crippen LogP contribution in [0.5, 0.6) is 0 Å². The standard InChI is InChI=1S/C19H21ClN6O2/c1-3-26-17(7-8-21-26)19(28)24-16-6-4-5-15(9-16)23-18(27)13(2)11-25-12-14(20)10-22-25/h4-10,12-13H,3,11H2,1-2H3,(H,23,27)(H,24,28). The molecule has 2 heterocycles. The van der Waals surface area contributed by atoms with Gasteiger partial charge < -0.3 is 10.6 Å². The first-order valence-electron chi connectivity index (χ1n) is 8.88. The van der Waals surface area contributed by atoms with Crippen molar-refractivity contribution in [3.8, 4) is 0 Å². The molecule has 3 rings (SSSR count). The maximum Gasteiger partial charge on any atom is 0.273 e. The minimum absolute atomic E-state index is 0.154. The van der Waals surface area contributed by atoms with Crippen molar-refractivity contribution in [1.82, 2.24) is 19.6 Å². The van der Waals surface area contributed by atoms with Crippen molar-refractivity contribution in [1.29, 1.82) is 0 Å². The summed E-state index contributed by atoms with van der Waals surface area (Å²) in [4.78, 5) is 24.9. The van der Waals surface area contributed by atoms with E-state index in [9.17, 15) is 9.59 Å². The predicted molar refractivity (Wildman–Crippen MR) is 107 cm³/mol. The quantitative estimate of drug-likeness (QED) is 0.636. The Morgan fingerprint density at radius 1 is 1.18 bits per heavy atom. The van der Waals surface area contributed by atoms with Crippen LogP contribution in [-0.4, -0.2) is 31.4 Å². The fraction of sp³-hybridized carbons (Fsp3) is 0.263. The number of nitrogens with one attached hydrogen (secondary N) is 2. The topological polar surface area (TPSA) is 93.8 Å². The molecular formula is C19H21ClN6O2. The van der Waals surface area contributed by atoms with Gasteiger partial charge in [0.1, 0.15) is 5.69 Å². The molecule has 2 amide bonds. The fourth-order valence-electron chi connectivity index (χ4n) is 2.71. The summed E-state index contributed by atoms with van der Waals surface area (Å²) in [7, 11) is 0. The van der Waals surface area contributed by atoms with Gasteiger partial charge in [0.15, 0.2) is 0 Å². The van der Waals surface area contributed by atoms with Crippen LogP contribution in [0, 0.1) is 5.92 Å². The Bertz CT molecular complexity index is 980. The molecule has 0 bridgehead atoms. The highest BCUT2D eigenvalue weighted by molar-refractivity contribution is 6.30. The zero-order chi connectivity index (χ0) is 20.1. The average Bonchev–Trinajstić information content (AvgIpc) is 3.30. The van der Waals surface area contributed by atoms with Crippen molar-refractivity contribution in [3.63, 3.8) is 0 Å². The van der Waals surface area contributed by atoms with Crippen LogP contribution < -0.4 is 10.6 Å². The lowest BCUT2D eigenvalue weighted by molar-refractivity contribution is -0.119. The molecule has 8 nitrogen and oxygen atoms in total. The highest BCUT2D eigenvalue weighted by Crippen LogP contribution is 2.17. The summed E-state index contributed by atoms with van der Waals surface area (Å²) in [5.74, 6) is -0.723. The van der Waals surface area contributed by atoms with Crippen LogP contribution in [0.2, 0.25) is 5.02 Å². The molecule has 1 atom stereocenters. The van der Waals surface area contributed by atoms with Gasteiger partial charge in [-0.15, -0.1) is 0 Å². The van der Waals surface area contributed by atoms with Crippen LogP contribution >= 0.6 is 11.6 Å². The van der Waals surface area contributed by atoms with Gasteiger partial charge in [0.25, 0.3) is 5.91 Å². The van der Waals surface area contributed by atoms with E-state index in [1.54, 1.807) is 52.1 Å². The Morgan fingerprint density at radius 2 is 1.93 bits per heavy atom. The largest absolute Gasteiger partial charge is 0.326 e. The second kappa shape index (κ2) is 8.71. The minimum Gasteiger partial charge on any atom is -0.326 e. The van der Waals surface area contributed by atoms with E-state index in [1.807, 2.05) is 13.8 Å². The van der Waals surface area contributed by atoms with Crippen molar-refractivity contribution in [2.45, 2.75) is 26.9 Å². The predicted octanol–water partition coefficient (Wildman–Crippen LogP) is 3.28. The summed E-state index contributed by atoms with van der Waals surface area (Å²) < 4.78 is 3.24. The summed E-state index contributed by atoms with van der Waals surface area (Å²) in [6, 6.07) is 8.66. The number of aryl methyl sites for hydroxylation is 1. The van der Waals surface area contributed by atoms with Gasteiger partial charge >= 0.3 is 0 Å². The molecule has 0 aliphatic rings. The highest BCUT2D eigenvalue weighted by atomic mass is 35.5. The van der Waals surface area contributed by atoms with Crippen molar-refractivity contribution in [2.75, 3.05) is 10.6 Å². The van der Waals surface area contributed by atoms with Gasteiger partial charge in [-0.1, -0.05) is 24.6 Å². The fourth-order valence-corrected chi connectivity index (χ4v) is 2.87. The number of hydrogen-bond donors (Lipinski definition) is 2. The molecule has 146 valence electrons. The summed E-state index contributed by atoms with van der Waals surface area (Å²) in [6.07, 6.45) is 4.79. The van der Waals surface area contributed by atoms with Gasteiger partial charge in [0, 0.05) is 30.3 Å². The van der Waals surface area contributed by atoms with Gasteiger partial charge in [-0.25, -0.2) is 0 Å². The lowest BCUT2D eigenvalue weighted by Crippen LogP contribution is -2.24. The lowest BCUT2D eigenvalue weighted by Gasteiger charge is -2.13. The van der Waals surface area contributed by atoms with Gasteiger partial charge in [0.05, 0.1) is 23.7 Å². The lowest BCUT2D eigenvalue weighted by atomic mass is 10.1. The van der Waals surface area contributed by atoms with E-state index in [1.165, 1.54) is 6.20 Å². The molecule has 28 heavy (non-hydrogen) atoms. The van der Waals surface area contributed by atoms with Crippen molar-refractivity contribution in [2.24, 2.45) is 5.92 Å². The molecule has 0 radical (unpaired) electrons. The van der Waals surface area contributed by atoms with Gasteiger partial charge in [-0.2, -0.15) is 10.2 Å². The number of hydrogen-bond acceptors (Lipinski definition) is 4. The summed E-state index contributed by atoms with van der Waals surface area (Å²) in [5, 5.41) is 14.4. The Morgan fingerprint density at radius 3 is 2.61 bits per heavy atom. The zero-order valence-corrected chi connectivity index (χ0v) is 16.3. The van der Waals surface area contributed by atoms with E-state index >= 15 is 0 Å². The Labute approximate surface area is 167 Å². The number of benzene rings is 1. The second-order valence-electron chi connectivity index (χ2n) is 6.34. The smallest absolute Gasteiger partial charge is 0.273 e. The highest BCUT2D eigenvalue weighted by Gasteiger charge is 2.15. The average molecular weight is 401 g/mol. The number of halogens is 1. The summed E-state index contributed by atoms with van der Waals surface area (Å²) >= 11 is 5.84. The Balaban J connectivity index is 1.62. The first kappa shape index (κ1) is 19.6. The van der Waals surface area contributed by atoms with E-state index < -0.39 is 0 Å². The molecule has 0 spiro atoms. The number of aromatic nitrogens is 4. The maximum atomic E-state index is 12.4. The molecule has 0 fully saturated rings. The maximum absolute atomic E-state index is 12.4. The van der Waals surface area contributed by atoms with E-state index in [2.05, 4.69) is 20.8 Å². The first-order chi connectivity index (χ1) is 13.5. The SMILES string of the molecule is CCn1nccc1C(=O)Nc1cccc(NC(=O)C(C)Cn2cc(Cl)cn2)c1. The number of nitrogens with zero attached hydrogens (tertiary/aromatic N) is 4. The number of carbonyl (C=O) groups is 2. The number of rotatable bonds is 7. The van der Waals surface area contributed by atoms with Crippen molar-refractivity contribution < 1.29 is 9.59 Å². The first-order valence-corrected chi connectivity index (χ1v) is 9.26. The van der Waals surface area contributed by atoms with Crippen LogP contribution in [0.1, 0.15) is 24.3 Å². The van der Waals surface area contributed by atoms with E-state index in [4.69, 9.17) is 11.6 Å². The van der Waals surface area contributed by atoms with Crippen LogP contribution in [0.25, 0.3) is 0 Å². The molecular weight excluding hydrogens is 380 g/mol. The normalized spacial score (nSPS) is 11.8. The van der Waals surface area contributed by atoms with Crippen molar-refractivity contribution in [3.05, 3.63) is 59.6 Å². The second-order valence-corrected chi connectivity index (χ2v) is 6.77. The van der Waals surface area contributed by atoms with Crippen LogP contribution in [0.3, 0.4) is 0 Å². The third kappa shape index (κ3) is 4.77. The molecule has 1 aromatic carbocycles. The molecule has 1 unspecified atom stereocenters. The van der Waals surface area contributed by atoms with Gasteiger partial charge in [0.2, 0.25) is 5.91 Å². The number of amides is 2. The molecule has 0 saturated heterocycles. The monoisotopic (exact) mass is 400 g/mol. The molecule has 0 saturated carbocycles. The van der Waals surface area contributed by atoms with E-state index in [-0.39, 0.29) is 17.7 Å². The van der Waals surface area contributed by atoms with Crippen molar-refractivity contribution >= 4 is 34.8 Å². The molecule has 9 heteroatoms. The Hall–Kier alpha value is -3.13. The van der Waals surface area contributed by atoms with Gasteiger partial charge in [-0.05, 0) is 31.2 Å². The summed E-state index contributed by atoms with van der Waals surface area (Å²) in [5.41, 5.74) is 1.65. The third-order valence-electron chi connectivity index (χ3n) is 4.15. The van der Waals surface area contributed by atoms with E-state index in [0.717, 1.165) is 0 Å². The Kier molecular flexibility index (Phi) is 6.10. The molecule has 2 aromatic heterocycles. The summed E-state index contributed by atoms with van der Waals surface area (Å²) in [6.45, 7) is 4.74. The molecule has 0 aliphatic heterocycles. The van der Waals surface area contributed by atoms with Gasteiger partial charge in [-0.3, -0.25) is 19.0 Å². The minimum atomic E-state index is -0.312. The zero-order valence-electron chi connectivity index (χ0n) is 15.6. The third-order valence-corrected chi connectivity index (χ3v) is 4.34. The van der Waals surface area contributed by atoms with Crippen LogP contribution in [0.4, 0.5) is 11.4 Å². The van der Waals surface area contributed by atoms with Crippen LogP contribution in [0.15, 0.2) is 48.9 Å². The van der Waals surface area contributed by atoms with Crippen LogP contribution in [-0.2, 0) is 17.9 Å². The number of anilines is 2. The molecule has 3 aromatic rings. The van der Waals surface area contributed by atoms with E-state index in [0.29, 0.717) is 35.2 Å². The molecule has 0 aliphatic carbocycles. The molecule has 2 N–H and O–H groups in total. The number of carbonyl (C=O) groups excluding carboxylic acids is 2.